The summed E-state index contributed by atoms with van der Waals surface area (Å²) in [6.07, 6.45) is 0. The van der Waals surface area contributed by atoms with E-state index in [-0.39, 0.29) is 12.5 Å². The van der Waals surface area contributed by atoms with E-state index in [0.29, 0.717) is 16.6 Å². The molecule has 0 aromatic heterocycles. The molecule has 98 valence electrons. The van der Waals surface area contributed by atoms with E-state index in [1.165, 1.54) is 23.1 Å². The van der Waals surface area contributed by atoms with Gasteiger partial charge in [0.25, 0.3) is 5.91 Å². The van der Waals surface area contributed by atoms with Gasteiger partial charge in [-0.05, 0) is 41.1 Å². The van der Waals surface area contributed by atoms with Crippen molar-refractivity contribution >= 4 is 27.7 Å². The first kappa shape index (κ1) is 14.6. The topological polar surface area (TPSA) is 49.4 Å². The Morgan fingerprint density at radius 3 is 2.67 bits per heavy atom. The summed E-state index contributed by atoms with van der Waals surface area (Å²) in [6, 6.07) is 3.76. The van der Waals surface area contributed by atoms with Crippen LogP contribution in [0.2, 0.25) is 0 Å². The molecular weight excluding hydrogens is 303 g/mol. The first-order valence-electron chi connectivity index (χ1n) is 5.43. The zero-order valence-electron chi connectivity index (χ0n) is 10.2. The standard InChI is InChI=1S/C12H14BrFN2O2/c1-3-16(2)11(17)7-15-12(18)9-5-4-8(14)6-10(9)13/h4-6H,3,7H2,1-2H3,(H,15,18). The molecule has 0 saturated heterocycles. The van der Waals surface area contributed by atoms with E-state index in [1.807, 2.05) is 6.92 Å². The number of likely N-dealkylation sites (N-methyl/N-ethyl adjacent to an activating group) is 1. The van der Waals surface area contributed by atoms with Gasteiger partial charge in [-0.2, -0.15) is 0 Å². The molecule has 1 aromatic rings. The molecule has 0 saturated carbocycles. The van der Waals surface area contributed by atoms with E-state index in [0.717, 1.165) is 0 Å². The largest absolute Gasteiger partial charge is 0.345 e. The number of amides is 2. The van der Waals surface area contributed by atoms with Crippen LogP contribution in [0.1, 0.15) is 17.3 Å². The molecule has 0 unspecified atom stereocenters. The molecule has 0 fully saturated rings. The normalized spacial score (nSPS) is 10.0. The van der Waals surface area contributed by atoms with Gasteiger partial charge in [-0.1, -0.05) is 0 Å². The molecule has 4 nitrogen and oxygen atoms in total. The molecule has 1 aromatic carbocycles. The van der Waals surface area contributed by atoms with E-state index < -0.39 is 11.7 Å². The Hall–Kier alpha value is -1.43. The Morgan fingerprint density at radius 2 is 2.11 bits per heavy atom. The monoisotopic (exact) mass is 316 g/mol. The Bertz CT molecular complexity index is 465. The maximum atomic E-state index is 12.9. The quantitative estimate of drug-likeness (QED) is 0.920. The average molecular weight is 317 g/mol. The molecule has 1 rings (SSSR count). The fraction of sp³-hybridized carbons (Fsp3) is 0.333. The van der Waals surface area contributed by atoms with E-state index in [4.69, 9.17) is 0 Å². The van der Waals surface area contributed by atoms with E-state index in [1.54, 1.807) is 7.05 Å². The molecule has 2 amide bonds. The van der Waals surface area contributed by atoms with Gasteiger partial charge >= 0.3 is 0 Å². The third kappa shape index (κ3) is 3.80. The van der Waals surface area contributed by atoms with Gasteiger partial charge in [-0.3, -0.25) is 9.59 Å². The summed E-state index contributed by atoms with van der Waals surface area (Å²) in [6.45, 7) is 2.35. The second kappa shape index (κ2) is 6.49. The van der Waals surface area contributed by atoms with Crippen LogP contribution in [0.25, 0.3) is 0 Å². The van der Waals surface area contributed by atoms with Crippen LogP contribution >= 0.6 is 15.9 Å². The lowest BCUT2D eigenvalue weighted by atomic mass is 10.2. The molecule has 1 N–H and O–H groups in total. The number of nitrogens with zero attached hydrogens (tertiary/aromatic N) is 1. The number of benzene rings is 1. The van der Waals surface area contributed by atoms with Crippen LogP contribution < -0.4 is 5.32 Å². The maximum Gasteiger partial charge on any atom is 0.252 e. The van der Waals surface area contributed by atoms with Crippen LogP contribution in [0.5, 0.6) is 0 Å². The zero-order valence-corrected chi connectivity index (χ0v) is 11.8. The number of carbonyl (C=O) groups is 2. The van der Waals surface area contributed by atoms with E-state index >= 15 is 0 Å². The number of carbonyl (C=O) groups excluding carboxylic acids is 2. The average Bonchev–Trinajstić information content (AvgIpc) is 2.34. The van der Waals surface area contributed by atoms with Crippen LogP contribution in [0.3, 0.4) is 0 Å². The van der Waals surface area contributed by atoms with Gasteiger partial charge in [0.2, 0.25) is 5.91 Å². The smallest absolute Gasteiger partial charge is 0.252 e. The van der Waals surface area contributed by atoms with Crippen molar-refractivity contribution in [3.63, 3.8) is 0 Å². The van der Waals surface area contributed by atoms with Gasteiger partial charge in [0.05, 0.1) is 12.1 Å². The van der Waals surface area contributed by atoms with Crippen molar-refractivity contribution in [1.29, 1.82) is 0 Å². The van der Waals surface area contributed by atoms with Crippen molar-refractivity contribution < 1.29 is 14.0 Å². The number of hydrogen-bond acceptors (Lipinski definition) is 2. The molecule has 0 aliphatic rings. The van der Waals surface area contributed by atoms with Crippen molar-refractivity contribution in [2.75, 3.05) is 20.1 Å². The van der Waals surface area contributed by atoms with Crippen LogP contribution in [0.15, 0.2) is 22.7 Å². The van der Waals surface area contributed by atoms with Gasteiger partial charge in [0, 0.05) is 18.1 Å². The van der Waals surface area contributed by atoms with Gasteiger partial charge in [0.15, 0.2) is 0 Å². The van der Waals surface area contributed by atoms with Gasteiger partial charge in [-0.15, -0.1) is 0 Å². The van der Waals surface area contributed by atoms with Crippen LogP contribution in [-0.2, 0) is 4.79 Å². The van der Waals surface area contributed by atoms with Gasteiger partial charge in [-0.25, -0.2) is 4.39 Å². The summed E-state index contributed by atoms with van der Waals surface area (Å²) in [5.41, 5.74) is 0.295. The van der Waals surface area contributed by atoms with E-state index in [2.05, 4.69) is 21.2 Å². The molecule has 0 radical (unpaired) electrons. The number of hydrogen-bond donors (Lipinski definition) is 1. The minimum atomic E-state index is -0.430. The highest BCUT2D eigenvalue weighted by molar-refractivity contribution is 9.10. The summed E-state index contributed by atoms with van der Waals surface area (Å²) in [5.74, 6) is -1.02. The molecule has 0 heterocycles. The molecule has 0 spiro atoms. The van der Waals surface area contributed by atoms with Crippen molar-refractivity contribution in [3.8, 4) is 0 Å². The molecular formula is C12H14BrFN2O2. The Balaban J connectivity index is 2.63. The van der Waals surface area contributed by atoms with Gasteiger partial charge < -0.3 is 10.2 Å². The minimum Gasteiger partial charge on any atom is -0.345 e. The van der Waals surface area contributed by atoms with Crippen molar-refractivity contribution in [3.05, 3.63) is 34.1 Å². The maximum absolute atomic E-state index is 12.9. The SMILES string of the molecule is CCN(C)C(=O)CNC(=O)c1ccc(F)cc1Br. The Morgan fingerprint density at radius 1 is 1.44 bits per heavy atom. The highest BCUT2D eigenvalue weighted by Crippen LogP contribution is 2.17. The summed E-state index contributed by atoms with van der Waals surface area (Å²) in [5, 5.41) is 2.49. The summed E-state index contributed by atoms with van der Waals surface area (Å²) < 4.78 is 13.2. The van der Waals surface area contributed by atoms with Crippen LogP contribution in [0.4, 0.5) is 4.39 Å². The minimum absolute atomic E-state index is 0.0764. The Kier molecular flexibility index (Phi) is 5.27. The molecule has 0 aliphatic carbocycles. The van der Waals surface area contributed by atoms with Crippen molar-refractivity contribution in [2.24, 2.45) is 0 Å². The fourth-order valence-electron chi connectivity index (χ4n) is 1.24. The number of rotatable bonds is 4. The van der Waals surface area contributed by atoms with Crippen molar-refractivity contribution in [1.82, 2.24) is 10.2 Å². The fourth-order valence-corrected chi connectivity index (χ4v) is 1.77. The molecule has 0 atom stereocenters. The third-order valence-corrected chi connectivity index (χ3v) is 3.13. The molecule has 0 bridgehead atoms. The van der Waals surface area contributed by atoms with E-state index in [9.17, 15) is 14.0 Å². The third-order valence-electron chi connectivity index (χ3n) is 2.48. The van der Waals surface area contributed by atoms with Gasteiger partial charge in [0.1, 0.15) is 5.82 Å². The summed E-state index contributed by atoms with van der Waals surface area (Å²) in [4.78, 5) is 24.7. The lowest BCUT2D eigenvalue weighted by Crippen LogP contribution is -2.38. The number of nitrogens with one attached hydrogen (secondary N) is 1. The summed E-state index contributed by atoms with van der Waals surface area (Å²) in [7, 11) is 1.66. The Labute approximate surface area is 113 Å². The predicted molar refractivity (Wildman–Crippen MR) is 69.7 cm³/mol. The second-order valence-corrected chi connectivity index (χ2v) is 4.57. The number of halogens is 2. The van der Waals surface area contributed by atoms with Crippen LogP contribution in [-0.4, -0.2) is 36.9 Å². The van der Waals surface area contributed by atoms with Crippen molar-refractivity contribution in [2.45, 2.75) is 6.92 Å². The van der Waals surface area contributed by atoms with Crippen LogP contribution in [0, 0.1) is 5.82 Å². The highest BCUT2D eigenvalue weighted by atomic mass is 79.9. The first-order valence-corrected chi connectivity index (χ1v) is 6.22. The highest BCUT2D eigenvalue weighted by Gasteiger charge is 2.13. The molecule has 6 heteroatoms. The zero-order chi connectivity index (χ0) is 13.7. The second-order valence-electron chi connectivity index (χ2n) is 3.71. The lowest BCUT2D eigenvalue weighted by molar-refractivity contribution is -0.128. The lowest BCUT2D eigenvalue weighted by Gasteiger charge is -2.14. The first-order chi connectivity index (χ1) is 8.45. The molecule has 0 aliphatic heterocycles. The summed E-state index contributed by atoms with van der Waals surface area (Å²) >= 11 is 3.10. The predicted octanol–water partition coefficient (Wildman–Crippen LogP) is 1.80. The molecule has 18 heavy (non-hydrogen) atoms.